The highest BCUT2D eigenvalue weighted by Gasteiger charge is 2.64. The van der Waals surface area contributed by atoms with Gasteiger partial charge >= 0.3 is 0 Å². The van der Waals surface area contributed by atoms with Crippen molar-refractivity contribution in [3.63, 3.8) is 0 Å². The van der Waals surface area contributed by atoms with Gasteiger partial charge in [-0.15, -0.1) is 0 Å². The number of carbonyl (C=O) groups is 2. The van der Waals surface area contributed by atoms with Gasteiger partial charge in [-0.05, 0) is 148 Å². The molecule has 1 amide bonds. The van der Waals surface area contributed by atoms with E-state index >= 15 is 0 Å². The van der Waals surface area contributed by atoms with Crippen LogP contribution in [-0.2, 0) is 33.6 Å². The molecule has 0 saturated heterocycles. The van der Waals surface area contributed by atoms with E-state index in [0.717, 1.165) is 47.1 Å². The molecule has 3 fully saturated rings. The summed E-state index contributed by atoms with van der Waals surface area (Å²) < 4.78 is 6.28. The lowest BCUT2D eigenvalue weighted by atomic mass is 9.52. The smallest absolute Gasteiger partial charge is 0.243 e. The fourth-order valence-electron chi connectivity index (χ4n) is 12.9. The van der Waals surface area contributed by atoms with E-state index in [1.807, 2.05) is 56.3 Å². The number of allylic oxidation sites excluding steroid dienone is 8. The Balaban J connectivity index is 1.14. The van der Waals surface area contributed by atoms with Gasteiger partial charge in [-0.3, -0.25) is 14.9 Å². The third-order valence-electron chi connectivity index (χ3n) is 16.7. The number of ether oxygens (including phenoxy) is 1. The first kappa shape index (κ1) is 50.0. The molecule has 0 radical (unpaired) electrons. The number of carbonyl (C=O) groups excluding carboxylic acids is 2. The van der Waals surface area contributed by atoms with E-state index in [0.29, 0.717) is 86.0 Å². The Labute approximate surface area is 404 Å². The van der Waals surface area contributed by atoms with Crippen LogP contribution in [0.5, 0.6) is 0 Å². The Hall–Kier alpha value is -4.44. The fraction of sp³-hybridized carbons (Fsp3) is 0.552. The Morgan fingerprint density at radius 3 is 2.51 bits per heavy atom. The first-order valence-corrected chi connectivity index (χ1v) is 25.5. The van der Waals surface area contributed by atoms with Crippen molar-refractivity contribution in [3.8, 4) is 11.8 Å². The average Bonchev–Trinajstić information content (AvgIpc) is 3.97. The number of β-amino-alcohol motifs (C(OH)–C–C–N with tert-alkyl or cyclic N) is 1. The van der Waals surface area contributed by atoms with E-state index in [1.165, 1.54) is 31.3 Å². The molecule has 364 valence electrons. The minimum Gasteiger partial charge on any atom is -0.393 e. The minimum atomic E-state index is -1.29. The van der Waals surface area contributed by atoms with Crippen LogP contribution in [0, 0.1) is 35.0 Å². The summed E-state index contributed by atoms with van der Waals surface area (Å²) in [5.41, 5.74) is 13.1. The molecule has 2 bridgehead atoms. The van der Waals surface area contributed by atoms with E-state index in [9.17, 15) is 30.0 Å². The number of nitrogens with two attached hydrogens (primary N) is 1. The second-order valence-corrected chi connectivity index (χ2v) is 21.0. The summed E-state index contributed by atoms with van der Waals surface area (Å²) in [6, 6.07) is 12.9. The quantitative estimate of drug-likeness (QED) is 0.117. The first-order valence-electron chi connectivity index (χ1n) is 25.5. The number of fused-ring (bicyclic) bond motifs is 4. The molecule has 10 nitrogen and oxygen atoms in total. The molecule has 9 unspecified atom stereocenters. The van der Waals surface area contributed by atoms with Crippen LogP contribution in [0.1, 0.15) is 144 Å². The third-order valence-corrected chi connectivity index (χ3v) is 16.7. The lowest BCUT2D eigenvalue weighted by molar-refractivity contribution is -0.168. The zero-order valence-electron chi connectivity index (χ0n) is 40.4. The topological polar surface area (TPSA) is 174 Å². The van der Waals surface area contributed by atoms with E-state index in [-0.39, 0.29) is 43.8 Å². The first-order chi connectivity index (χ1) is 32.8. The zero-order valence-corrected chi connectivity index (χ0v) is 40.4. The SMILES string of the molecule is C=C1C=CC=C(C2CCC3(C4CCC(O)Cc5cccc(c5)CCC(O)CNC5C(=O)NC(N)c6cccc(c65)CC(=O)C(C)=C4CCC3(C)O)C2O)COCC#CCC(C2CCCC2)=CCC1. The van der Waals surface area contributed by atoms with Crippen molar-refractivity contribution < 1.29 is 34.8 Å². The van der Waals surface area contributed by atoms with Gasteiger partial charge in [0.05, 0.1) is 30.5 Å². The van der Waals surface area contributed by atoms with Gasteiger partial charge in [0.25, 0.3) is 0 Å². The van der Waals surface area contributed by atoms with Crippen LogP contribution in [0.25, 0.3) is 0 Å². The lowest BCUT2D eigenvalue weighted by Gasteiger charge is -2.56. The number of rotatable bonds is 2. The van der Waals surface area contributed by atoms with Gasteiger partial charge in [-0.25, -0.2) is 0 Å². The molecule has 8 N–H and O–H groups in total. The highest BCUT2D eigenvalue weighted by atomic mass is 16.5. The number of Topliss-reactive ketones (excluding diaryl/α,β-unsaturated/α-hetero) is 1. The van der Waals surface area contributed by atoms with E-state index in [1.54, 1.807) is 0 Å². The number of nitrogens with one attached hydrogen (secondary N) is 2. The monoisotopic (exact) mass is 926 g/mol. The number of aliphatic hydroxyl groups is 4. The van der Waals surface area contributed by atoms with Crippen LogP contribution < -0.4 is 16.4 Å². The fourth-order valence-corrected chi connectivity index (χ4v) is 12.9. The summed E-state index contributed by atoms with van der Waals surface area (Å²) in [7, 11) is 0. The highest BCUT2D eigenvalue weighted by molar-refractivity contribution is 5.98. The van der Waals surface area contributed by atoms with Gasteiger partial charge in [0.1, 0.15) is 18.8 Å². The molecule has 2 aromatic carbocycles. The van der Waals surface area contributed by atoms with Crippen LogP contribution in [0.2, 0.25) is 0 Å². The predicted molar refractivity (Wildman–Crippen MR) is 267 cm³/mol. The predicted octanol–water partition coefficient (Wildman–Crippen LogP) is 7.80. The van der Waals surface area contributed by atoms with Crippen LogP contribution >= 0.6 is 0 Å². The Bertz CT molecular complexity index is 2380. The van der Waals surface area contributed by atoms with E-state index in [2.05, 4.69) is 53.3 Å². The molecular weight excluding hydrogens is 851 g/mol. The molecule has 8 rings (SSSR count). The number of aliphatic hydroxyl groups excluding tert-OH is 3. The molecule has 3 aliphatic carbocycles. The zero-order chi connectivity index (χ0) is 48.0. The highest BCUT2D eigenvalue weighted by Crippen LogP contribution is 2.63. The second kappa shape index (κ2) is 22.1. The summed E-state index contributed by atoms with van der Waals surface area (Å²) in [5.74, 6) is 6.09. The van der Waals surface area contributed by atoms with Crippen LogP contribution in [0.4, 0.5) is 0 Å². The molecule has 1 spiro atoms. The minimum absolute atomic E-state index is 0.0144. The Morgan fingerprint density at radius 2 is 1.69 bits per heavy atom. The molecule has 9 atom stereocenters. The maximum Gasteiger partial charge on any atom is 0.243 e. The number of ketones is 1. The van der Waals surface area contributed by atoms with Crippen LogP contribution in [0.3, 0.4) is 0 Å². The molecule has 10 heteroatoms. The standard InChI is InChI=1S/C58H75N3O7/c1-37-12-8-19-42(41-16-4-5-17-41)18-6-7-31-68-36-44(21-9-13-37)48-28-30-58(54(48)65)50-26-25-45(62)33-40-15-10-14-39(32-40)23-24-46(63)35-60-53-52-43(20-11-22-49(52)55(59)61-56(53)66)34-51(64)38(2)47(50)27-29-57(58,3)67/h9-11,13-15,19-22,32,41,45-46,48,50,53-55,60,62-63,65,67H,1,4-5,8,12,16-18,23-31,33-36,59H2,2-3H3,(H,61,66). The number of aryl methyl sites for hydroxylation is 1. The van der Waals surface area contributed by atoms with Crippen LogP contribution in [-0.4, -0.2) is 75.8 Å². The molecule has 0 aromatic heterocycles. The van der Waals surface area contributed by atoms with Gasteiger partial charge in [0.2, 0.25) is 5.91 Å². The van der Waals surface area contributed by atoms with Crippen molar-refractivity contribution >= 4 is 11.7 Å². The van der Waals surface area contributed by atoms with Crippen molar-refractivity contribution in [2.24, 2.45) is 28.9 Å². The van der Waals surface area contributed by atoms with Crippen molar-refractivity contribution in [1.29, 1.82) is 0 Å². The molecule has 3 aliphatic heterocycles. The summed E-state index contributed by atoms with van der Waals surface area (Å²) in [4.78, 5) is 28.5. The normalized spacial score (nSPS) is 33.0. The largest absolute Gasteiger partial charge is 0.393 e. The molecular formula is C58H75N3O7. The second-order valence-electron chi connectivity index (χ2n) is 21.0. The summed E-state index contributed by atoms with van der Waals surface area (Å²) in [6.07, 6.45) is 17.1. The maximum atomic E-state index is 14.9. The summed E-state index contributed by atoms with van der Waals surface area (Å²) in [5, 5.41) is 54.9. The average molecular weight is 926 g/mol. The summed E-state index contributed by atoms with van der Waals surface area (Å²) >= 11 is 0. The number of hydrogen-bond donors (Lipinski definition) is 7. The van der Waals surface area contributed by atoms with Crippen molar-refractivity contribution in [3.05, 3.63) is 129 Å². The third kappa shape index (κ3) is 11.0. The van der Waals surface area contributed by atoms with E-state index in [4.69, 9.17) is 10.5 Å². The molecule has 2 aromatic rings. The van der Waals surface area contributed by atoms with Gasteiger partial charge in [0.15, 0.2) is 5.78 Å². The molecule has 3 heterocycles. The van der Waals surface area contributed by atoms with Crippen molar-refractivity contribution in [2.75, 3.05) is 19.8 Å². The van der Waals surface area contributed by atoms with Gasteiger partial charge in [-0.2, -0.15) is 0 Å². The number of amides is 1. The lowest BCUT2D eigenvalue weighted by Crippen LogP contribution is -2.59. The van der Waals surface area contributed by atoms with Crippen LogP contribution in [0.15, 0.2) is 101 Å². The van der Waals surface area contributed by atoms with Gasteiger partial charge in [0, 0.05) is 30.7 Å². The van der Waals surface area contributed by atoms with Crippen molar-refractivity contribution in [2.45, 2.75) is 159 Å². The number of benzene rings is 2. The molecule has 3 saturated carbocycles. The molecule has 68 heavy (non-hydrogen) atoms. The Kier molecular flexibility index (Phi) is 16.2. The van der Waals surface area contributed by atoms with E-state index < -0.39 is 47.5 Å². The Morgan fingerprint density at radius 1 is 0.897 bits per heavy atom. The van der Waals surface area contributed by atoms with Gasteiger partial charge < -0.3 is 36.2 Å². The maximum absolute atomic E-state index is 14.9. The summed E-state index contributed by atoms with van der Waals surface area (Å²) in [6.45, 7) is 8.79. The molecule has 6 aliphatic rings. The van der Waals surface area contributed by atoms with Crippen molar-refractivity contribution in [1.82, 2.24) is 10.6 Å². The van der Waals surface area contributed by atoms with Gasteiger partial charge in [-0.1, -0.05) is 115 Å². The number of hydrogen-bond acceptors (Lipinski definition) is 9.